The van der Waals surface area contributed by atoms with Crippen LogP contribution >= 0.6 is 0 Å². The number of likely N-dealkylation sites (tertiary alicyclic amines) is 1. The van der Waals surface area contributed by atoms with Gasteiger partial charge in [-0.1, -0.05) is 53.7 Å². The number of nitrogens with one attached hydrogen (secondary N) is 1. The molecule has 2 aromatic carbocycles. The van der Waals surface area contributed by atoms with Gasteiger partial charge in [-0.15, -0.1) is 0 Å². The number of rotatable bonds is 8. The van der Waals surface area contributed by atoms with Crippen LogP contribution in [0.4, 0.5) is 0 Å². The zero-order valence-corrected chi connectivity index (χ0v) is 17.8. The molecule has 0 unspecified atom stereocenters. The van der Waals surface area contributed by atoms with Gasteiger partial charge in [-0.3, -0.25) is 9.69 Å². The van der Waals surface area contributed by atoms with E-state index in [-0.39, 0.29) is 11.8 Å². The quantitative estimate of drug-likeness (QED) is 0.599. The number of aromatic nitrogens is 2. The van der Waals surface area contributed by atoms with Crippen molar-refractivity contribution in [1.29, 1.82) is 0 Å². The molecule has 0 atom stereocenters. The van der Waals surface area contributed by atoms with Crippen LogP contribution in [0.15, 0.2) is 59.1 Å². The molecule has 31 heavy (non-hydrogen) atoms. The molecule has 1 aliphatic heterocycles. The molecule has 0 radical (unpaired) electrons. The third kappa shape index (κ3) is 5.49. The van der Waals surface area contributed by atoms with Gasteiger partial charge in [0.25, 0.3) is 0 Å². The minimum atomic E-state index is 0.0260. The number of benzene rings is 2. The maximum Gasteiger partial charge on any atom is 0.241 e. The Hall–Kier alpha value is -3.19. The van der Waals surface area contributed by atoms with Crippen LogP contribution in [0.1, 0.15) is 31.2 Å². The number of piperidine rings is 1. The highest BCUT2D eigenvalue weighted by Gasteiger charge is 2.26. The number of amides is 1. The number of para-hydroxylation sites is 1. The van der Waals surface area contributed by atoms with E-state index in [1.807, 2.05) is 61.5 Å². The second kappa shape index (κ2) is 10.2. The predicted octanol–water partition coefficient (Wildman–Crippen LogP) is 3.66. The van der Waals surface area contributed by atoms with Gasteiger partial charge >= 0.3 is 0 Å². The summed E-state index contributed by atoms with van der Waals surface area (Å²) < 4.78 is 11.1. The molecule has 7 nitrogen and oxygen atoms in total. The summed E-state index contributed by atoms with van der Waals surface area (Å²) in [7, 11) is 0. The summed E-state index contributed by atoms with van der Waals surface area (Å²) in [5.41, 5.74) is 1.94. The average molecular weight is 421 g/mol. The molecule has 162 valence electrons. The maximum absolute atomic E-state index is 12.7. The summed E-state index contributed by atoms with van der Waals surface area (Å²) in [5.74, 6) is 2.18. The van der Waals surface area contributed by atoms with E-state index in [2.05, 4.69) is 20.4 Å². The lowest BCUT2D eigenvalue weighted by molar-refractivity contribution is -0.126. The second-order valence-electron chi connectivity index (χ2n) is 7.69. The maximum atomic E-state index is 12.7. The Morgan fingerprint density at radius 3 is 2.65 bits per heavy atom. The largest absolute Gasteiger partial charge is 0.494 e. The molecule has 3 aromatic rings. The Bertz CT molecular complexity index is 981. The molecule has 0 bridgehead atoms. The average Bonchev–Trinajstić information content (AvgIpc) is 3.28. The highest BCUT2D eigenvalue weighted by molar-refractivity contribution is 5.78. The van der Waals surface area contributed by atoms with Crippen LogP contribution in [-0.4, -0.2) is 40.6 Å². The molecule has 2 heterocycles. The number of carbonyl (C=O) groups is 1. The van der Waals surface area contributed by atoms with E-state index in [9.17, 15) is 4.79 Å². The Morgan fingerprint density at radius 2 is 1.87 bits per heavy atom. The van der Waals surface area contributed by atoms with E-state index in [0.717, 1.165) is 42.8 Å². The van der Waals surface area contributed by atoms with Crippen LogP contribution in [0.25, 0.3) is 11.4 Å². The van der Waals surface area contributed by atoms with E-state index < -0.39 is 0 Å². The SMILES string of the molecule is CCOc1ccccc1CNC(=O)C1CCN(Cc2nc(-c3ccccc3)no2)CC1. The summed E-state index contributed by atoms with van der Waals surface area (Å²) in [6, 6.07) is 17.6. The van der Waals surface area contributed by atoms with E-state index in [0.29, 0.717) is 31.4 Å². The van der Waals surface area contributed by atoms with E-state index in [1.165, 1.54) is 0 Å². The lowest BCUT2D eigenvalue weighted by Gasteiger charge is -2.30. The Labute approximate surface area is 182 Å². The zero-order valence-electron chi connectivity index (χ0n) is 17.8. The molecule has 0 saturated carbocycles. The van der Waals surface area contributed by atoms with Gasteiger partial charge in [0.2, 0.25) is 17.6 Å². The first-order chi connectivity index (χ1) is 15.2. The van der Waals surface area contributed by atoms with Crippen LogP contribution in [0.5, 0.6) is 5.75 Å². The first-order valence-corrected chi connectivity index (χ1v) is 10.8. The normalized spacial score (nSPS) is 15.0. The third-order valence-corrected chi connectivity index (χ3v) is 5.54. The highest BCUT2D eigenvalue weighted by Crippen LogP contribution is 2.22. The molecule has 0 spiro atoms. The van der Waals surface area contributed by atoms with Crippen molar-refractivity contribution in [2.45, 2.75) is 32.9 Å². The van der Waals surface area contributed by atoms with Crippen molar-refractivity contribution in [3.63, 3.8) is 0 Å². The first-order valence-electron chi connectivity index (χ1n) is 10.8. The van der Waals surface area contributed by atoms with E-state index >= 15 is 0 Å². The van der Waals surface area contributed by atoms with Crippen LogP contribution < -0.4 is 10.1 Å². The summed E-state index contributed by atoms with van der Waals surface area (Å²) in [6.45, 7) is 5.32. The topological polar surface area (TPSA) is 80.5 Å². The summed E-state index contributed by atoms with van der Waals surface area (Å²) in [6.07, 6.45) is 1.64. The number of hydrogen-bond donors (Lipinski definition) is 1. The number of ether oxygens (including phenoxy) is 1. The van der Waals surface area contributed by atoms with Crippen molar-refractivity contribution in [3.05, 3.63) is 66.1 Å². The van der Waals surface area contributed by atoms with E-state index in [4.69, 9.17) is 9.26 Å². The smallest absolute Gasteiger partial charge is 0.241 e. The fraction of sp³-hybridized carbons (Fsp3) is 0.375. The predicted molar refractivity (Wildman–Crippen MR) is 117 cm³/mol. The fourth-order valence-electron chi connectivity index (χ4n) is 3.84. The zero-order chi connectivity index (χ0) is 21.5. The summed E-state index contributed by atoms with van der Waals surface area (Å²) in [5, 5.41) is 7.16. The third-order valence-electron chi connectivity index (χ3n) is 5.54. The summed E-state index contributed by atoms with van der Waals surface area (Å²) in [4.78, 5) is 19.4. The lowest BCUT2D eigenvalue weighted by Crippen LogP contribution is -2.40. The van der Waals surface area contributed by atoms with Gasteiger partial charge in [0.15, 0.2) is 0 Å². The van der Waals surface area contributed by atoms with Crippen LogP contribution in [0.3, 0.4) is 0 Å². The molecule has 7 heteroatoms. The highest BCUT2D eigenvalue weighted by atomic mass is 16.5. The number of carbonyl (C=O) groups excluding carboxylic acids is 1. The Morgan fingerprint density at radius 1 is 1.13 bits per heavy atom. The van der Waals surface area contributed by atoms with Crippen molar-refractivity contribution >= 4 is 5.91 Å². The Kier molecular flexibility index (Phi) is 6.94. The molecule has 1 amide bonds. The molecule has 1 N–H and O–H groups in total. The molecule has 4 rings (SSSR count). The van der Waals surface area contributed by atoms with Crippen LogP contribution in [0.2, 0.25) is 0 Å². The molecular weight excluding hydrogens is 392 g/mol. The fourth-order valence-corrected chi connectivity index (χ4v) is 3.84. The standard InChI is InChI=1S/C24H28N4O3/c1-2-30-21-11-7-6-10-20(21)16-25-24(29)19-12-14-28(15-13-19)17-22-26-23(27-31-22)18-8-4-3-5-9-18/h3-11,19H,2,12-17H2,1H3,(H,25,29). The minimum absolute atomic E-state index is 0.0260. The molecular formula is C24H28N4O3. The van der Waals surface area contributed by atoms with Crippen LogP contribution in [0, 0.1) is 5.92 Å². The summed E-state index contributed by atoms with van der Waals surface area (Å²) >= 11 is 0. The van der Waals surface area contributed by atoms with E-state index in [1.54, 1.807) is 0 Å². The van der Waals surface area contributed by atoms with Crippen molar-refractivity contribution in [3.8, 4) is 17.1 Å². The van der Waals surface area contributed by atoms with Crippen molar-refractivity contribution in [2.75, 3.05) is 19.7 Å². The monoisotopic (exact) mass is 420 g/mol. The van der Waals surface area contributed by atoms with Gasteiger partial charge in [0.05, 0.1) is 13.2 Å². The second-order valence-corrected chi connectivity index (χ2v) is 7.69. The van der Waals surface area contributed by atoms with Gasteiger partial charge in [0, 0.05) is 23.6 Å². The molecule has 1 saturated heterocycles. The Balaban J connectivity index is 1.24. The first kappa shape index (κ1) is 21.1. The van der Waals surface area contributed by atoms with Gasteiger partial charge in [-0.25, -0.2) is 0 Å². The van der Waals surface area contributed by atoms with Gasteiger partial charge < -0.3 is 14.6 Å². The molecule has 1 aromatic heterocycles. The van der Waals surface area contributed by atoms with Gasteiger partial charge in [-0.05, 0) is 38.9 Å². The number of hydrogen-bond acceptors (Lipinski definition) is 6. The van der Waals surface area contributed by atoms with Crippen molar-refractivity contribution < 1.29 is 14.1 Å². The lowest BCUT2D eigenvalue weighted by atomic mass is 9.96. The van der Waals surface area contributed by atoms with Gasteiger partial charge in [0.1, 0.15) is 5.75 Å². The molecule has 1 aliphatic rings. The molecule has 1 fully saturated rings. The molecule has 0 aliphatic carbocycles. The minimum Gasteiger partial charge on any atom is -0.494 e. The van der Waals surface area contributed by atoms with Crippen molar-refractivity contribution in [2.24, 2.45) is 5.92 Å². The van der Waals surface area contributed by atoms with Gasteiger partial charge in [-0.2, -0.15) is 4.98 Å². The van der Waals surface area contributed by atoms with Crippen molar-refractivity contribution in [1.82, 2.24) is 20.4 Å². The van der Waals surface area contributed by atoms with Crippen LogP contribution in [-0.2, 0) is 17.9 Å². The number of nitrogens with zero attached hydrogens (tertiary/aromatic N) is 3.